The lowest BCUT2D eigenvalue weighted by molar-refractivity contribution is 0.102. The first-order valence-corrected chi connectivity index (χ1v) is 13.8. The summed E-state index contributed by atoms with van der Waals surface area (Å²) in [5, 5.41) is 5.91. The van der Waals surface area contributed by atoms with Crippen molar-refractivity contribution in [1.82, 2.24) is 14.3 Å². The molecule has 0 radical (unpaired) electrons. The number of rotatable bonds is 9. The first kappa shape index (κ1) is 23.5. The van der Waals surface area contributed by atoms with Crippen LogP contribution in [-0.2, 0) is 10.0 Å². The average Bonchev–Trinajstić information content (AvgIpc) is 3.46. The number of thiazole rings is 2. The zero-order valence-corrected chi connectivity index (χ0v) is 20.8. The fourth-order valence-corrected chi connectivity index (χ4v) is 6.47. The summed E-state index contributed by atoms with van der Waals surface area (Å²) in [5.41, 5.74) is 1.99. The molecule has 2 aromatic carbocycles. The summed E-state index contributed by atoms with van der Waals surface area (Å²) in [6, 6.07) is 13.9. The number of amides is 1. The van der Waals surface area contributed by atoms with E-state index < -0.39 is 10.0 Å². The van der Waals surface area contributed by atoms with E-state index in [1.807, 2.05) is 43.5 Å². The smallest absolute Gasteiger partial charge is 0.257 e. The molecule has 1 amide bonds. The second-order valence-corrected chi connectivity index (χ2v) is 11.2. The maximum atomic E-state index is 12.9. The number of aromatic nitrogens is 2. The molecule has 0 atom stereocenters. The first-order chi connectivity index (χ1) is 15.9. The molecule has 1 N–H and O–H groups in total. The lowest BCUT2D eigenvalue weighted by Gasteiger charge is -2.20. The van der Waals surface area contributed by atoms with Crippen molar-refractivity contribution in [2.45, 2.75) is 31.6 Å². The Morgan fingerprint density at radius 1 is 1.06 bits per heavy atom. The Hall–Kier alpha value is -2.66. The van der Waals surface area contributed by atoms with E-state index in [2.05, 4.69) is 15.3 Å². The van der Waals surface area contributed by atoms with Crippen molar-refractivity contribution in [2.75, 3.05) is 18.4 Å². The summed E-state index contributed by atoms with van der Waals surface area (Å²) in [7, 11) is -3.58. The molecule has 33 heavy (non-hydrogen) atoms. The minimum absolute atomic E-state index is 0.185. The number of carbonyl (C=O) groups is 1. The van der Waals surface area contributed by atoms with Crippen LogP contribution in [0.3, 0.4) is 0 Å². The van der Waals surface area contributed by atoms with Crippen LogP contribution in [0.2, 0.25) is 0 Å². The zero-order chi connectivity index (χ0) is 23.4. The number of hydrogen-bond acceptors (Lipinski definition) is 7. The third-order valence-electron chi connectivity index (χ3n) is 5.11. The number of hydrogen-bond donors (Lipinski definition) is 1. The molecule has 172 valence electrons. The monoisotopic (exact) mass is 500 g/mol. The lowest BCUT2D eigenvalue weighted by Crippen LogP contribution is -2.31. The molecule has 0 saturated heterocycles. The molecular weight excluding hydrogens is 476 g/mol. The van der Waals surface area contributed by atoms with Crippen molar-refractivity contribution < 1.29 is 13.2 Å². The summed E-state index contributed by atoms with van der Waals surface area (Å²) in [4.78, 5) is 21.9. The van der Waals surface area contributed by atoms with Crippen molar-refractivity contribution in [3.8, 4) is 10.7 Å². The van der Waals surface area contributed by atoms with Gasteiger partial charge in [0.2, 0.25) is 10.0 Å². The largest absolute Gasteiger partial charge is 0.298 e. The Kier molecular flexibility index (Phi) is 7.18. The van der Waals surface area contributed by atoms with Crippen molar-refractivity contribution in [3.05, 3.63) is 59.5 Å². The predicted molar refractivity (Wildman–Crippen MR) is 134 cm³/mol. The molecule has 7 nitrogen and oxygen atoms in total. The third kappa shape index (κ3) is 5.14. The van der Waals surface area contributed by atoms with Crippen LogP contribution >= 0.6 is 22.7 Å². The van der Waals surface area contributed by atoms with Gasteiger partial charge in [-0.25, -0.2) is 18.4 Å². The minimum atomic E-state index is -3.58. The SMILES string of the molecule is CCCCN(CC)S(=O)(=O)c1ccc(C(=O)Nc2nc(-c3nc4ccccc4s3)cs2)cc1. The van der Waals surface area contributed by atoms with E-state index in [0.717, 1.165) is 28.1 Å². The van der Waals surface area contributed by atoms with Crippen LogP contribution in [0.5, 0.6) is 0 Å². The molecule has 4 rings (SSSR count). The van der Waals surface area contributed by atoms with Crippen molar-refractivity contribution in [2.24, 2.45) is 0 Å². The zero-order valence-electron chi connectivity index (χ0n) is 18.3. The highest BCUT2D eigenvalue weighted by atomic mass is 32.2. The summed E-state index contributed by atoms with van der Waals surface area (Å²) in [6.07, 6.45) is 1.73. The molecule has 0 fully saturated rings. The molecule has 0 saturated carbocycles. The van der Waals surface area contributed by atoms with Crippen LogP contribution in [-0.4, -0.2) is 41.7 Å². The molecule has 0 spiro atoms. The fourth-order valence-electron chi connectivity index (χ4n) is 3.29. The highest BCUT2D eigenvalue weighted by Crippen LogP contribution is 2.32. The van der Waals surface area contributed by atoms with Crippen LogP contribution < -0.4 is 5.32 Å². The van der Waals surface area contributed by atoms with Crippen LogP contribution in [0.15, 0.2) is 58.8 Å². The Balaban J connectivity index is 1.46. The number of anilines is 1. The van der Waals surface area contributed by atoms with Crippen molar-refractivity contribution in [1.29, 1.82) is 0 Å². The van der Waals surface area contributed by atoms with Gasteiger partial charge in [-0.05, 0) is 42.8 Å². The van der Waals surface area contributed by atoms with Gasteiger partial charge in [-0.1, -0.05) is 32.4 Å². The van der Waals surface area contributed by atoms with Gasteiger partial charge in [0.1, 0.15) is 10.7 Å². The summed E-state index contributed by atoms with van der Waals surface area (Å²) >= 11 is 2.87. The van der Waals surface area contributed by atoms with Gasteiger partial charge in [-0.2, -0.15) is 4.31 Å². The first-order valence-electron chi connectivity index (χ1n) is 10.7. The number of unbranched alkanes of at least 4 members (excludes halogenated alkanes) is 1. The van der Waals surface area contributed by atoms with Gasteiger partial charge in [-0.15, -0.1) is 22.7 Å². The van der Waals surface area contributed by atoms with Gasteiger partial charge in [0.15, 0.2) is 5.13 Å². The summed E-state index contributed by atoms with van der Waals surface area (Å²) in [5.74, 6) is -0.345. The van der Waals surface area contributed by atoms with Crippen LogP contribution in [0.4, 0.5) is 5.13 Å². The highest BCUT2D eigenvalue weighted by Gasteiger charge is 2.23. The number of sulfonamides is 1. The predicted octanol–water partition coefficient (Wildman–Crippen LogP) is 5.48. The summed E-state index contributed by atoms with van der Waals surface area (Å²) < 4.78 is 28.3. The van der Waals surface area contributed by atoms with E-state index in [-0.39, 0.29) is 10.8 Å². The molecule has 0 aliphatic rings. The van der Waals surface area contributed by atoms with Crippen molar-refractivity contribution in [3.63, 3.8) is 0 Å². The standard InChI is InChI=1S/C23H24N4O3S3/c1-3-5-14-27(4-2)33(29,30)17-12-10-16(11-13-17)21(28)26-23-25-19(15-31-23)22-24-18-8-6-7-9-20(18)32-22/h6-13,15H,3-5,14H2,1-2H3,(H,25,26,28). The van der Waals surface area contributed by atoms with E-state index in [1.165, 1.54) is 39.9 Å². The molecular formula is C23H24N4O3S3. The Labute approximate surface area is 201 Å². The number of carbonyl (C=O) groups excluding carboxylic acids is 1. The second-order valence-electron chi connectivity index (χ2n) is 7.35. The number of para-hydroxylation sites is 1. The van der Waals surface area contributed by atoms with Gasteiger partial charge in [0.25, 0.3) is 5.91 Å². The molecule has 10 heteroatoms. The van der Waals surface area contributed by atoms with Crippen LogP contribution in [0.1, 0.15) is 37.0 Å². The fraction of sp³-hybridized carbons (Fsp3) is 0.261. The molecule has 4 aromatic rings. The van der Waals surface area contributed by atoms with E-state index in [1.54, 1.807) is 11.3 Å². The van der Waals surface area contributed by atoms with E-state index in [9.17, 15) is 13.2 Å². The Morgan fingerprint density at radius 3 is 2.52 bits per heavy atom. The highest BCUT2D eigenvalue weighted by molar-refractivity contribution is 7.89. The van der Waals surface area contributed by atoms with Gasteiger partial charge < -0.3 is 0 Å². The minimum Gasteiger partial charge on any atom is -0.298 e. The van der Waals surface area contributed by atoms with E-state index in [0.29, 0.717) is 29.5 Å². The number of nitrogens with one attached hydrogen (secondary N) is 1. The normalized spacial score (nSPS) is 11.8. The van der Waals surface area contributed by atoms with E-state index in [4.69, 9.17) is 0 Å². The third-order valence-corrected chi connectivity index (χ3v) is 8.91. The average molecular weight is 501 g/mol. The maximum Gasteiger partial charge on any atom is 0.257 e. The molecule has 0 unspecified atom stereocenters. The van der Waals surface area contributed by atoms with Gasteiger partial charge >= 0.3 is 0 Å². The van der Waals surface area contributed by atoms with Gasteiger partial charge in [-0.3, -0.25) is 10.1 Å². The number of benzene rings is 2. The summed E-state index contributed by atoms with van der Waals surface area (Å²) in [6.45, 7) is 4.74. The Morgan fingerprint density at radius 2 is 1.82 bits per heavy atom. The van der Waals surface area contributed by atoms with Crippen LogP contribution in [0.25, 0.3) is 20.9 Å². The second kappa shape index (κ2) is 10.1. The van der Waals surface area contributed by atoms with Gasteiger partial charge in [0, 0.05) is 24.0 Å². The molecule has 2 aromatic heterocycles. The van der Waals surface area contributed by atoms with Crippen LogP contribution in [0, 0.1) is 0 Å². The van der Waals surface area contributed by atoms with Crippen molar-refractivity contribution >= 4 is 54.0 Å². The molecule has 0 bridgehead atoms. The molecule has 0 aliphatic heterocycles. The lowest BCUT2D eigenvalue weighted by atomic mass is 10.2. The van der Waals surface area contributed by atoms with Gasteiger partial charge in [0.05, 0.1) is 15.1 Å². The number of fused-ring (bicyclic) bond motifs is 1. The topological polar surface area (TPSA) is 92.3 Å². The molecule has 2 heterocycles. The molecule has 0 aliphatic carbocycles. The Bertz CT molecular complexity index is 1330. The quantitative estimate of drug-likeness (QED) is 0.328. The number of nitrogens with zero attached hydrogens (tertiary/aromatic N) is 3. The maximum absolute atomic E-state index is 12.9. The van der Waals surface area contributed by atoms with E-state index >= 15 is 0 Å².